The lowest BCUT2D eigenvalue weighted by atomic mass is 10.0. The predicted molar refractivity (Wildman–Crippen MR) is 201 cm³/mol. The molecule has 2 heterocycles. The highest BCUT2D eigenvalue weighted by molar-refractivity contribution is 6.10. The lowest BCUT2D eigenvalue weighted by Gasteiger charge is -2.11. The quantitative estimate of drug-likeness (QED) is 0.180. The summed E-state index contributed by atoms with van der Waals surface area (Å²) in [5.41, 5.74) is -5.76. The summed E-state index contributed by atoms with van der Waals surface area (Å²) in [6.45, 7) is 0. The van der Waals surface area contributed by atoms with E-state index in [0.29, 0.717) is 5.56 Å². The average Bonchev–Trinajstić information content (AvgIpc) is 3.74. The van der Waals surface area contributed by atoms with Crippen molar-refractivity contribution in [2.24, 2.45) is 0 Å². The van der Waals surface area contributed by atoms with E-state index in [1.807, 2.05) is 0 Å². The minimum Gasteiger partial charge on any atom is -0.309 e. The van der Waals surface area contributed by atoms with Gasteiger partial charge in [-0.05, 0) is 52.5 Å². The molecule has 0 saturated carbocycles. The Hall–Kier alpha value is -6.65. The first-order valence-electron chi connectivity index (χ1n) is 26.9. The third kappa shape index (κ3) is 5.35. The van der Waals surface area contributed by atoms with Gasteiger partial charge in [0.1, 0.15) is 0 Å². The molecule has 9 rings (SSSR count). The van der Waals surface area contributed by atoms with Gasteiger partial charge in [0.05, 0.1) is 45.3 Å². The molecule has 9 aromatic rings. The second kappa shape index (κ2) is 12.2. The second-order valence-electron chi connectivity index (χ2n) is 10.2. The Bertz CT molecular complexity index is 3910. The summed E-state index contributed by atoms with van der Waals surface area (Å²) in [5, 5.41) is -1.08. The largest absolute Gasteiger partial charge is 0.309 e. The molecule has 0 unspecified atom stereocenters. The third-order valence-electron chi connectivity index (χ3n) is 7.23. The van der Waals surface area contributed by atoms with Crippen LogP contribution < -0.4 is 0 Å². The van der Waals surface area contributed by atoms with E-state index in [4.69, 9.17) is 20.6 Å². The summed E-state index contributed by atoms with van der Waals surface area (Å²) in [6, 6.07) is -13.7. The number of nitrogens with zero attached hydrogens (tertiary/aromatic N) is 4. The van der Waals surface area contributed by atoms with E-state index < -0.39 is 224 Å². The third-order valence-corrected chi connectivity index (χ3v) is 7.23. The van der Waals surface area contributed by atoms with Gasteiger partial charge < -0.3 is 4.57 Å². The van der Waals surface area contributed by atoms with Crippen molar-refractivity contribution in [3.63, 3.8) is 0 Å². The molecule has 49 heavy (non-hydrogen) atoms. The fraction of sp³-hybridized carbons (Fsp3) is 0. The maximum Gasteiger partial charge on any atom is 0.164 e. The molecule has 230 valence electrons. The number of rotatable bonds is 6. The molecule has 0 N–H and O–H groups in total. The molecule has 0 aliphatic carbocycles. The van der Waals surface area contributed by atoms with E-state index >= 15 is 0 Å². The molecule has 0 saturated heterocycles. The number of aromatic nitrogens is 4. The predicted octanol–water partition coefficient (Wildman–Crippen LogP) is 11.3. The topological polar surface area (TPSA) is 43.6 Å². The maximum atomic E-state index is 9.41. The first-order valence-corrected chi connectivity index (χ1v) is 14.4. The van der Waals surface area contributed by atoms with E-state index in [2.05, 4.69) is 15.0 Å². The van der Waals surface area contributed by atoms with Crippen LogP contribution in [0.5, 0.6) is 0 Å². The average molecular weight is 652 g/mol. The molecule has 2 aromatic heterocycles. The van der Waals surface area contributed by atoms with Crippen molar-refractivity contribution in [3.8, 4) is 62.1 Å². The van der Waals surface area contributed by atoms with Crippen molar-refractivity contribution in [3.05, 3.63) is 181 Å². The van der Waals surface area contributed by atoms with Crippen LogP contribution in [0.25, 0.3) is 83.9 Å². The molecule has 0 atom stereocenters. The number of hydrogen-bond donors (Lipinski definition) is 0. The Morgan fingerprint density at radius 3 is 1.51 bits per heavy atom. The molecular formula is C45H30N4. The highest BCUT2D eigenvalue weighted by Gasteiger charge is 2.15. The smallest absolute Gasteiger partial charge is 0.164 e. The van der Waals surface area contributed by atoms with Gasteiger partial charge in [0.25, 0.3) is 0 Å². The molecule has 7 aromatic carbocycles. The zero-order valence-electron chi connectivity index (χ0n) is 49.7. The van der Waals surface area contributed by atoms with Gasteiger partial charge in [-0.1, -0.05) is 151 Å². The molecule has 0 radical (unpaired) electrons. The summed E-state index contributed by atoms with van der Waals surface area (Å²) < 4.78 is 221. The Morgan fingerprint density at radius 1 is 0.367 bits per heavy atom. The van der Waals surface area contributed by atoms with Gasteiger partial charge in [0.2, 0.25) is 0 Å². The lowest BCUT2D eigenvalue weighted by molar-refractivity contribution is 1.07. The number of fused-ring (bicyclic) bond motifs is 3. The van der Waals surface area contributed by atoms with Crippen molar-refractivity contribution in [2.75, 3.05) is 0 Å². The fourth-order valence-electron chi connectivity index (χ4n) is 5.01. The highest BCUT2D eigenvalue weighted by atomic mass is 15.0. The van der Waals surface area contributed by atoms with Gasteiger partial charge in [-0.15, -0.1) is 0 Å². The molecule has 0 aliphatic heterocycles. The molecule has 0 amide bonds. The van der Waals surface area contributed by atoms with E-state index in [9.17, 15) is 13.7 Å². The van der Waals surface area contributed by atoms with Crippen LogP contribution in [0, 0.1) is 0 Å². The maximum absolute atomic E-state index is 9.41. The van der Waals surface area contributed by atoms with Crippen LogP contribution in [0.15, 0.2) is 181 Å². The van der Waals surface area contributed by atoms with Crippen LogP contribution in [0.4, 0.5) is 0 Å². The van der Waals surface area contributed by atoms with Gasteiger partial charge in [0.15, 0.2) is 17.5 Å². The first kappa shape index (κ1) is 12.8. The highest BCUT2D eigenvalue weighted by Crippen LogP contribution is 2.35. The van der Waals surface area contributed by atoms with Gasteiger partial charge >= 0.3 is 0 Å². The molecule has 0 spiro atoms. The Kier molecular flexibility index (Phi) is 3.17. The molecule has 4 nitrogen and oxygen atoms in total. The van der Waals surface area contributed by atoms with Crippen LogP contribution >= 0.6 is 0 Å². The summed E-state index contributed by atoms with van der Waals surface area (Å²) in [4.78, 5) is 13.1. The monoisotopic (exact) mass is 651 g/mol. The lowest BCUT2D eigenvalue weighted by Crippen LogP contribution is -2.00. The summed E-state index contributed by atoms with van der Waals surface area (Å²) >= 11 is 0. The van der Waals surface area contributed by atoms with Gasteiger partial charge in [-0.25, -0.2) is 15.0 Å². The van der Waals surface area contributed by atoms with Gasteiger partial charge in [-0.2, -0.15) is 0 Å². The SMILES string of the molecule is [2H]c1c([2H])c([2H])c(-c2nc(-c3ccccc3)nc(-c3c([2H])c([2H])c(-c4c([2H])c([2H])c(-n5c6c([2H])c([2H])c([2H])c([2H])c6c6c([2H])c(-c7c([2H])c([2H])c([2H])c([2H])c7[2H])c([2H])c([2H])c65)c([2H])c4[2H])c([2H])c3[2H])n2)c([2H])c1[2H]. The minimum absolute atomic E-state index is 0.167. The van der Waals surface area contributed by atoms with Crippen LogP contribution in [0.1, 0.15) is 34.3 Å². The van der Waals surface area contributed by atoms with Crippen molar-refractivity contribution in [1.29, 1.82) is 0 Å². The van der Waals surface area contributed by atoms with Crippen molar-refractivity contribution in [1.82, 2.24) is 19.5 Å². The minimum atomic E-state index is -1.03. The van der Waals surface area contributed by atoms with E-state index in [-0.39, 0.29) is 5.82 Å². The number of benzene rings is 7. The summed E-state index contributed by atoms with van der Waals surface area (Å²) in [7, 11) is 0. The van der Waals surface area contributed by atoms with Crippen molar-refractivity contribution in [2.45, 2.75) is 0 Å². The van der Waals surface area contributed by atoms with Crippen LogP contribution in [-0.2, 0) is 0 Å². The van der Waals surface area contributed by atoms with E-state index in [1.54, 1.807) is 30.3 Å². The van der Waals surface area contributed by atoms with E-state index in [1.165, 1.54) is 0 Å². The molecule has 4 heteroatoms. The van der Waals surface area contributed by atoms with E-state index in [0.717, 1.165) is 4.57 Å². The van der Waals surface area contributed by atoms with Crippen LogP contribution in [0.2, 0.25) is 0 Å². The Morgan fingerprint density at radius 2 is 0.837 bits per heavy atom. The second-order valence-corrected chi connectivity index (χ2v) is 10.2. The van der Waals surface area contributed by atoms with Crippen LogP contribution in [-0.4, -0.2) is 19.5 Å². The molecular weight excluding hydrogens is 597 g/mol. The Labute approximate surface area is 319 Å². The van der Waals surface area contributed by atoms with Crippen molar-refractivity contribution >= 4 is 21.8 Å². The van der Waals surface area contributed by atoms with Gasteiger partial charge in [-0.3, -0.25) is 0 Å². The summed E-state index contributed by atoms with van der Waals surface area (Å²) in [5.74, 6) is -1.22. The van der Waals surface area contributed by atoms with Crippen molar-refractivity contribution < 1.29 is 34.3 Å². The molecule has 0 bridgehead atoms. The molecule has 0 fully saturated rings. The summed E-state index contributed by atoms with van der Waals surface area (Å²) in [6.07, 6.45) is 0. The standard InChI is InChI=1S/C45H30N4/c1-4-12-31(13-5-1)37-26-29-42-40(30-37)39-18-10-11-19-41(39)49(42)38-27-24-33(25-28-38)32-20-22-36(23-21-32)45-47-43(34-14-6-2-7-15-34)46-44(48-45)35-16-8-3-9-17-35/h1-30H/i1D,2D,4D,5D,6D,7D,10D,11D,12D,13D,14D,15D,18D,19D,20D,21D,22D,23D,24D,25D,26D,27D,28D,29D,30D. The normalized spacial score (nSPS) is 18.4. The molecule has 0 aliphatic rings. The number of para-hydroxylation sites is 1. The fourth-order valence-corrected chi connectivity index (χ4v) is 5.01. The van der Waals surface area contributed by atoms with Crippen LogP contribution in [0.3, 0.4) is 0 Å². The number of hydrogen-bond acceptors (Lipinski definition) is 3. The first-order chi connectivity index (χ1) is 34.7. The zero-order valence-corrected chi connectivity index (χ0v) is 24.7. The zero-order chi connectivity index (χ0) is 54.3. The van der Waals surface area contributed by atoms with Gasteiger partial charge in [0, 0.05) is 33.2 Å². The Balaban J connectivity index is 1.33.